The van der Waals surface area contributed by atoms with Crippen molar-refractivity contribution in [1.29, 1.82) is 0 Å². The summed E-state index contributed by atoms with van der Waals surface area (Å²) in [4.78, 5) is 17.6. The normalized spacial score (nSPS) is 10.4. The zero-order valence-electron chi connectivity index (χ0n) is 9.45. The van der Waals surface area contributed by atoms with E-state index in [0.717, 1.165) is 18.5 Å². The van der Waals surface area contributed by atoms with Crippen LogP contribution >= 0.6 is 0 Å². The lowest BCUT2D eigenvalue weighted by atomic mass is 10.0. The number of benzene rings is 1. The molecule has 0 amide bonds. The number of aldehydes is 1. The minimum absolute atomic E-state index is 0.527. The minimum atomic E-state index is 0.527. The molecular weight excluding hydrogens is 200 g/mol. The van der Waals surface area contributed by atoms with E-state index in [9.17, 15) is 4.79 Å². The molecule has 0 bridgehead atoms. The van der Waals surface area contributed by atoms with E-state index in [1.54, 1.807) is 6.20 Å². The zero-order valence-corrected chi connectivity index (χ0v) is 9.45. The SMILES string of the molecule is Cc1ccc(Cc2ncc(C=O)[nH]2)cc1C. The maximum Gasteiger partial charge on any atom is 0.167 e. The summed E-state index contributed by atoms with van der Waals surface area (Å²) in [7, 11) is 0. The van der Waals surface area contributed by atoms with Crippen molar-refractivity contribution in [2.75, 3.05) is 0 Å². The molecule has 82 valence electrons. The number of aryl methyl sites for hydroxylation is 2. The Morgan fingerprint density at radius 3 is 2.75 bits per heavy atom. The molecular formula is C13H14N2O. The van der Waals surface area contributed by atoms with E-state index in [2.05, 4.69) is 42.0 Å². The van der Waals surface area contributed by atoms with Gasteiger partial charge in [0.1, 0.15) is 5.82 Å². The first-order valence-electron chi connectivity index (χ1n) is 5.24. The van der Waals surface area contributed by atoms with Crippen molar-refractivity contribution in [2.45, 2.75) is 20.3 Å². The number of carbonyl (C=O) groups is 1. The van der Waals surface area contributed by atoms with Crippen LogP contribution in [0.25, 0.3) is 0 Å². The summed E-state index contributed by atoms with van der Waals surface area (Å²) in [6.45, 7) is 4.19. The molecule has 1 heterocycles. The molecule has 0 fully saturated rings. The summed E-state index contributed by atoms with van der Waals surface area (Å²) in [6, 6.07) is 6.35. The van der Waals surface area contributed by atoms with Crippen LogP contribution in [0.3, 0.4) is 0 Å². The van der Waals surface area contributed by atoms with Gasteiger partial charge in [0.05, 0.1) is 11.9 Å². The fourth-order valence-electron chi connectivity index (χ4n) is 1.64. The van der Waals surface area contributed by atoms with E-state index >= 15 is 0 Å². The Morgan fingerprint density at radius 1 is 1.31 bits per heavy atom. The first kappa shape index (κ1) is 10.6. The molecule has 16 heavy (non-hydrogen) atoms. The Kier molecular flexibility index (Phi) is 2.86. The summed E-state index contributed by atoms with van der Waals surface area (Å²) in [5.74, 6) is 0.824. The molecule has 1 aromatic carbocycles. The average molecular weight is 214 g/mol. The highest BCUT2D eigenvalue weighted by atomic mass is 16.1. The van der Waals surface area contributed by atoms with Crippen LogP contribution < -0.4 is 0 Å². The Morgan fingerprint density at radius 2 is 2.12 bits per heavy atom. The van der Waals surface area contributed by atoms with Crippen LogP contribution in [0.2, 0.25) is 0 Å². The number of rotatable bonds is 3. The largest absolute Gasteiger partial charge is 0.340 e. The van der Waals surface area contributed by atoms with Gasteiger partial charge in [-0.1, -0.05) is 18.2 Å². The fraction of sp³-hybridized carbons (Fsp3) is 0.231. The molecule has 2 rings (SSSR count). The first-order valence-corrected chi connectivity index (χ1v) is 5.24. The number of hydrogen-bond acceptors (Lipinski definition) is 2. The van der Waals surface area contributed by atoms with Crippen molar-refractivity contribution < 1.29 is 4.79 Å². The molecule has 0 radical (unpaired) electrons. The van der Waals surface area contributed by atoms with Crippen LogP contribution in [0, 0.1) is 13.8 Å². The highest BCUT2D eigenvalue weighted by molar-refractivity contribution is 5.71. The van der Waals surface area contributed by atoms with Gasteiger partial charge in [0.2, 0.25) is 0 Å². The second-order valence-electron chi connectivity index (χ2n) is 4.00. The van der Waals surface area contributed by atoms with E-state index in [-0.39, 0.29) is 0 Å². The quantitative estimate of drug-likeness (QED) is 0.797. The van der Waals surface area contributed by atoms with Crippen LogP contribution in [0.4, 0.5) is 0 Å². The van der Waals surface area contributed by atoms with Gasteiger partial charge in [0, 0.05) is 6.42 Å². The molecule has 3 nitrogen and oxygen atoms in total. The maximum absolute atomic E-state index is 10.5. The smallest absolute Gasteiger partial charge is 0.167 e. The van der Waals surface area contributed by atoms with Gasteiger partial charge in [-0.15, -0.1) is 0 Å². The van der Waals surface area contributed by atoms with Crippen molar-refractivity contribution in [1.82, 2.24) is 9.97 Å². The second-order valence-corrected chi connectivity index (χ2v) is 4.00. The van der Waals surface area contributed by atoms with E-state index in [0.29, 0.717) is 5.69 Å². The molecule has 3 heteroatoms. The molecule has 0 aliphatic carbocycles. The number of carbonyl (C=O) groups excluding carboxylic acids is 1. The standard InChI is InChI=1S/C13H14N2O/c1-9-3-4-11(5-10(9)2)6-13-14-7-12(8-16)15-13/h3-5,7-8H,6H2,1-2H3,(H,14,15). The molecule has 0 unspecified atom stereocenters. The Bertz CT molecular complexity index is 514. The Hall–Kier alpha value is -1.90. The van der Waals surface area contributed by atoms with Gasteiger partial charge < -0.3 is 4.98 Å². The van der Waals surface area contributed by atoms with Crippen LogP contribution in [-0.4, -0.2) is 16.3 Å². The van der Waals surface area contributed by atoms with E-state index in [4.69, 9.17) is 0 Å². The van der Waals surface area contributed by atoms with Crippen molar-refractivity contribution in [2.24, 2.45) is 0 Å². The van der Waals surface area contributed by atoms with Crippen molar-refractivity contribution in [3.8, 4) is 0 Å². The second kappa shape index (κ2) is 4.31. The molecule has 0 saturated carbocycles. The van der Waals surface area contributed by atoms with Gasteiger partial charge in [-0.05, 0) is 30.5 Å². The molecule has 0 spiro atoms. The molecule has 0 aliphatic heterocycles. The summed E-state index contributed by atoms with van der Waals surface area (Å²) in [5, 5.41) is 0. The topological polar surface area (TPSA) is 45.8 Å². The minimum Gasteiger partial charge on any atom is -0.340 e. The number of nitrogens with one attached hydrogen (secondary N) is 1. The Balaban J connectivity index is 2.20. The summed E-state index contributed by atoms with van der Waals surface area (Å²) < 4.78 is 0. The van der Waals surface area contributed by atoms with Crippen LogP contribution in [-0.2, 0) is 6.42 Å². The summed E-state index contributed by atoms with van der Waals surface area (Å²) >= 11 is 0. The number of hydrogen-bond donors (Lipinski definition) is 1. The van der Waals surface area contributed by atoms with Crippen LogP contribution in [0.5, 0.6) is 0 Å². The summed E-state index contributed by atoms with van der Waals surface area (Å²) in [5.41, 5.74) is 4.30. The molecule has 0 atom stereocenters. The molecule has 1 N–H and O–H groups in total. The third-order valence-corrected chi connectivity index (χ3v) is 2.72. The predicted molar refractivity (Wildman–Crippen MR) is 62.7 cm³/mol. The third kappa shape index (κ3) is 2.19. The molecule has 0 saturated heterocycles. The lowest BCUT2D eigenvalue weighted by Gasteiger charge is -2.03. The van der Waals surface area contributed by atoms with Gasteiger partial charge in [0.25, 0.3) is 0 Å². The van der Waals surface area contributed by atoms with Crippen molar-refractivity contribution >= 4 is 6.29 Å². The lowest BCUT2D eigenvalue weighted by Crippen LogP contribution is -1.93. The summed E-state index contributed by atoms with van der Waals surface area (Å²) in [6.07, 6.45) is 3.06. The average Bonchev–Trinajstić information content (AvgIpc) is 2.71. The van der Waals surface area contributed by atoms with E-state index in [1.807, 2.05) is 0 Å². The highest BCUT2D eigenvalue weighted by Gasteiger charge is 2.02. The number of aromatic amines is 1. The number of H-pyrrole nitrogens is 1. The Labute approximate surface area is 94.5 Å². The van der Waals surface area contributed by atoms with Gasteiger partial charge in [-0.25, -0.2) is 4.98 Å². The first-order chi connectivity index (χ1) is 7.69. The van der Waals surface area contributed by atoms with Gasteiger partial charge >= 0.3 is 0 Å². The fourth-order valence-corrected chi connectivity index (χ4v) is 1.64. The highest BCUT2D eigenvalue weighted by Crippen LogP contribution is 2.12. The maximum atomic E-state index is 10.5. The van der Waals surface area contributed by atoms with Crippen molar-refractivity contribution in [3.63, 3.8) is 0 Å². The number of imidazole rings is 1. The monoisotopic (exact) mass is 214 g/mol. The third-order valence-electron chi connectivity index (χ3n) is 2.72. The predicted octanol–water partition coefficient (Wildman–Crippen LogP) is 2.43. The zero-order chi connectivity index (χ0) is 11.5. The number of nitrogens with zero attached hydrogens (tertiary/aromatic N) is 1. The van der Waals surface area contributed by atoms with Gasteiger partial charge in [-0.2, -0.15) is 0 Å². The van der Waals surface area contributed by atoms with Gasteiger partial charge in [0.15, 0.2) is 6.29 Å². The lowest BCUT2D eigenvalue weighted by molar-refractivity contribution is 0.111. The number of aromatic nitrogens is 2. The van der Waals surface area contributed by atoms with Crippen LogP contribution in [0.1, 0.15) is 33.0 Å². The molecule has 1 aromatic heterocycles. The van der Waals surface area contributed by atoms with E-state index < -0.39 is 0 Å². The van der Waals surface area contributed by atoms with Crippen molar-refractivity contribution in [3.05, 3.63) is 52.6 Å². The van der Waals surface area contributed by atoms with E-state index in [1.165, 1.54) is 16.7 Å². The van der Waals surface area contributed by atoms with Gasteiger partial charge in [-0.3, -0.25) is 4.79 Å². The molecule has 2 aromatic rings. The van der Waals surface area contributed by atoms with Crippen LogP contribution in [0.15, 0.2) is 24.4 Å². The molecule has 0 aliphatic rings.